The maximum Gasteiger partial charge on any atom is 0.387 e. The van der Waals surface area contributed by atoms with Crippen LogP contribution in [0.25, 0.3) is 0 Å². The molecule has 0 amide bonds. The molecule has 0 aliphatic rings. The Morgan fingerprint density at radius 1 is 1.19 bits per heavy atom. The number of carbonyl (C=O) groups is 1. The molecular formula is C15H10ClF3O2. The molecular weight excluding hydrogens is 305 g/mol. The first-order valence-electron chi connectivity index (χ1n) is 5.93. The highest BCUT2D eigenvalue weighted by atomic mass is 35.5. The van der Waals surface area contributed by atoms with Gasteiger partial charge in [-0.15, -0.1) is 0 Å². The zero-order chi connectivity index (χ0) is 15.6. The van der Waals surface area contributed by atoms with Gasteiger partial charge in [-0.25, -0.2) is 4.39 Å². The number of carbonyl (C=O) groups excluding carboxylic acids is 1. The second-order valence-electron chi connectivity index (χ2n) is 4.31. The average molecular weight is 315 g/mol. The Bertz CT molecular complexity index is 669. The molecule has 0 aliphatic carbocycles. The van der Waals surface area contributed by atoms with Gasteiger partial charge in [-0.05, 0) is 48.9 Å². The molecule has 0 saturated carbocycles. The topological polar surface area (TPSA) is 26.3 Å². The minimum Gasteiger partial charge on any atom is -0.435 e. The van der Waals surface area contributed by atoms with Gasteiger partial charge < -0.3 is 4.74 Å². The number of aryl methyl sites for hydroxylation is 1. The maximum atomic E-state index is 13.3. The number of rotatable bonds is 4. The zero-order valence-corrected chi connectivity index (χ0v) is 11.6. The lowest BCUT2D eigenvalue weighted by Crippen LogP contribution is -2.05. The first kappa shape index (κ1) is 15.4. The van der Waals surface area contributed by atoms with Gasteiger partial charge >= 0.3 is 6.61 Å². The molecule has 0 radical (unpaired) electrons. The Hall–Kier alpha value is -2.01. The van der Waals surface area contributed by atoms with Gasteiger partial charge in [-0.2, -0.15) is 8.78 Å². The van der Waals surface area contributed by atoms with Crippen molar-refractivity contribution in [3.05, 3.63) is 63.9 Å². The molecule has 0 aromatic heterocycles. The predicted octanol–water partition coefficient (Wildman–Crippen LogP) is 4.62. The Labute approximate surface area is 124 Å². The highest BCUT2D eigenvalue weighted by Gasteiger charge is 2.15. The summed E-state index contributed by atoms with van der Waals surface area (Å²) in [5.41, 5.74) is 0.683. The number of hydrogen-bond donors (Lipinski definition) is 0. The van der Waals surface area contributed by atoms with Gasteiger partial charge in [0.25, 0.3) is 0 Å². The van der Waals surface area contributed by atoms with Crippen molar-refractivity contribution in [2.24, 2.45) is 0 Å². The molecule has 110 valence electrons. The molecule has 2 rings (SSSR count). The first-order chi connectivity index (χ1) is 9.88. The summed E-state index contributed by atoms with van der Waals surface area (Å²) in [4.78, 5) is 12.3. The van der Waals surface area contributed by atoms with Crippen molar-refractivity contribution >= 4 is 17.4 Å². The predicted molar refractivity (Wildman–Crippen MR) is 72.7 cm³/mol. The molecule has 0 fully saturated rings. The monoisotopic (exact) mass is 314 g/mol. The third kappa shape index (κ3) is 3.55. The van der Waals surface area contributed by atoms with Gasteiger partial charge in [0.2, 0.25) is 0 Å². The van der Waals surface area contributed by atoms with Crippen LogP contribution in [0.5, 0.6) is 5.75 Å². The normalized spacial score (nSPS) is 10.8. The van der Waals surface area contributed by atoms with Gasteiger partial charge in [0.15, 0.2) is 5.78 Å². The lowest BCUT2D eigenvalue weighted by atomic mass is 10.0. The fraction of sp³-hybridized carbons (Fsp3) is 0.133. The summed E-state index contributed by atoms with van der Waals surface area (Å²) < 4.78 is 41.6. The Balaban J connectivity index is 2.30. The van der Waals surface area contributed by atoms with Crippen LogP contribution in [0.1, 0.15) is 21.5 Å². The molecule has 2 aromatic rings. The largest absolute Gasteiger partial charge is 0.435 e. The van der Waals surface area contributed by atoms with Crippen molar-refractivity contribution in [3.63, 3.8) is 0 Å². The van der Waals surface area contributed by atoms with E-state index in [1.807, 2.05) is 0 Å². The summed E-state index contributed by atoms with van der Waals surface area (Å²) in [5, 5.41) is -0.00370. The fourth-order valence-electron chi connectivity index (χ4n) is 1.77. The van der Waals surface area contributed by atoms with Crippen molar-refractivity contribution in [3.8, 4) is 5.75 Å². The van der Waals surface area contributed by atoms with Crippen molar-refractivity contribution in [2.45, 2.75) is 13.5 Å². The third-order valence-corrected chi connectivity index (χ3v) is 3.15. The van der Waals surface area contributed by atoms with Gasteiger partial charge in [-0.1, -0.05) is 11.6 Å². The van der Waals surface area contributed by atoms with Crippen LogP contribution >= 0.6 is 11.6 Å². The maximum absolute atomic E-state index is 13.3. The van der Waals surface area contributed by atoms with Crippen LogP contribution in [0.15, 0.2) is 36.4 Å². The molecule has 0 aliphatic heterocycles. The summed E-state index contributed by atoms with van der Waals surface area (Å²) in [6, 6.07) is 7.61. The van der Waals surface area contributed by atoms with Crippen LogP contribution in [-0.2, 0) is 0 Å². The highest BCUT2D eigenvalue weighted by molar-refractivity contribution is 6.35. The van der Waals surface area contributed by atoms with Gasteiger partial charge in [-0.3, -0.25) is 4.79 Å². The van der Waals surface area contributed by atoms with Crippen LogP contribution in [-0.4, -0.2) is 12.4 Å². The van der Waals surface area contributed by atoms with Crippen LogP contribution in [0.2, 0.25) is 5.02 Å². The summed E-state index contributed by atoms with van der Waals surface area (Å²) in [5.74, 6) is -0.980. The lowest BCUT2D eigenvalue weighted by molar-refractivity contribution is -0.0498. The fourth-order valence-corrected chi connectivity index (χ4v) is 2.01. The number of halogens is 4. The third-order valence-electron chi connectivity index (χ3n) is 2.83. The Morgan fingerprint density at radius 2 is 1.81 bits per heavy atom. The number of ether oxygens (including phenoxy) is 1. The van der Waals surface area contributed by atoms with Gasteiger partial charge in [0, 0.05) is 11.1 Å². The molecule has 2 nitrogen and oxygen atoms in total. The quantitative estimate of drug-likeness (QED) is 0.770. The standard InChI is InChI=1S/C15H10ClF3O2/c1-8-6-11(12(16)7-13(8)17)14(20)9-2-4-10(5-3-9)21-15(18)19/h2-7,15H,1H3. The van der Waals surface area contributed by atoms with Crippen molar-refractivity contribution in [1.29, 1.82) is 0 Å². The van der Waals surface area contributed by atoms with Crippen LogP contribution < -0.4 is 4.74 Å². The van der Waals surface area contributed by atoms with Crippen LogP contribution in [0.4, 0.5) is 13.2 Å². The van der Waals surface area contributed by atoms with Crippen molar-refractivity contribution < 1.29 is 22.7 Å². The summed E-state index contributed by atoms with van der Waals surface area (Å²) in [6.45, 7) is -1.41. The van der Waals surface area contributed by atoms with E-state index in [9.17, 15) is 18.0 Å². The van der Waals surface area contributed by atoms with Gasteiger partial charge in [0.1, 0.15) is 11.6 Å². The molecule has 0 unspecified atom stereocenters. The molecule has 0 spiro atoms. The van der Waals surface area contributed by atoms with Crippen LogP contribution in [0, 0.1) is 12.7 Å². The van der Waals surface area contributed by atoms with E-state index in [1.54, 1.807) is 0 Å². The number of hydrogen-bond acceptors (Lipinski definition) is 2. The average Bonchev–Trinajstić information content (AvgIpc) is 2.42. The molecule has 6 heteroatoms. The van der Waals surface area contributed by atoms with E-state index in [0.29, 0.717) is 5.56 Å². The van der Waals surface area contributed by atoms with Crippen LogP contribution in [0.3, 0.4) is 0 Å². The molecule has 0 saturated heterocycles. The van der Waals surface area contributed by atoms with E-state index in [0.717, 1.165) is 6.07 Å². The second kappa shape index (κ2) is 6.18. The highest BCUT2D eigenvalue weighted by Crippen LogP contribution is 2.24. The lowest BCUT2D eigenvalue weighted by Gasteiger charge is -2.08. The molecule has 0 bridgehead atoms. The zero-order valence-electron chi connectivity index (χ0n) is 10.9. The molecule has 0 N–H and O–H groups in total. The Morgan fingerprint density at radius 3 is 2.38 bits per heavy atom. The molecule has 0 atom stereocenters. The van der Waals surface area contributed by atoms with Crippen molar-refractivity contribution in [2.75, 3.05) is 0 Å². The smallest absolute Gasteiger partial charge is 0.387 e. The minimum atomic E-state index is -2.93. The van der Waals surface area contributed by atoms with E-state index in [1.165, 1.54) is 37.3 Å². The van der Waals surface area contributed by atoms with E-state index in [2.05, 4.69) is 4.74 Å². The van der Waals surface area contributed by atoms with E-state index < -0.39 is 18.2 Å². The number of ketones is 1. The SMILES string of the molecule is Cc1cc(C(=O)c2ccc(OC(F)F)cc2)c(Cl)cc1F. The van der Waals surface area contributed by atoms with E-state index >= 15 is 0 Å². The van der Waals surface area contributed by atoms with E-state index in [-0.39, 0.29) is 21.9 Å². The van der Waals surface area contributed by atoms with E-state index in [4.69, 9.17) is 11.6 Å². The molecule has 21 heavy (non-hydrogen) atoms. The summed E-state index contributed by atoms with van der Waals surface area (Å²) in [7, 11) is 0. The molecule has 0 heterocycles. The number of alkyl halides is 2. The first-order valence-corrected chi connectivity index (χ1v) is 6.31. The van der Waals surface area contributed by atoms with Crippen molar-refractivity contribution in [1.82, 2.24) is 0 Å². The second-order valence-corrected chi connectivity index (χ2v) is 4.72. The number of benzene rings is 2. The Kier molecular flexibility index (Phi) is 4.53. The molecule has 2 aromatic carbocycles. The van der Waals surface area contributed by atoms with Gasteiger partial charge in [0.05, 0.1) is 5.02 Å². The summed E-state index contributed by atoms with van der Waals surface area (Å²) in [6.07, 6.45) is 0. The summed E-state index contributed by atoms with van der Waals surface area (Å²) >= 11 is 5.86. The minimum absolute atomic E-state index is 0.00370.